The first kappa shape index (κ1) is 23.1. The number of hydrazone groups is 1. The van der Waals surface area contributed by atoms with E-state index < -0.39 is 11.6 Å². The number of hydrogen-bond donors (Lipinski definition) is 3. The van der Waals surface area contributed by atoms with E-state index in [9.17, 15) is 8.78 Å². The third-order valence-corrected chi connectivity index (χ3v) is 6.09. The normalized spacial score (nSPS) is 19.5. The molecule has 2 aromatic rings. The Labute approximate surface area is 191 Å². The molecule has 2 aliphatic rings. The number of amidine groups is 1. The van der Waals surface area contributed by atoms with Gasteiger partial charge in [-0.3, -0.25) is 9.91 Å². The number of ether oxygens (including phenoxy) is 1. The zero-order valence-electron chi connectivity index (χ0n) is 18.6. The van der Waals surface area contributed by atoms with Gasteiger partial charge >= 0.3 is 0 Å². The molecule has 4 rings (SSSR count). The second-order valence-electron chi connectivity index (χ2n) is 8.21. The van der Waals surface area contributed by atoms with E-state index in [1.165, 1.54) is 17.1 Å². The Morgan fingerprint density at radius 3 is 2.91 bits per heavy atom. The second-order valence-corrected chi connectivity index (χ2v) is 8.21. The zero-order valence-corrected chi connectivity index (χ0v) is 18.6. The molecule has 0 aliphatic carbocycles. The van der Waals surface area contributed by atoms with E-state index in [1.807, 2.05) is 6.07 Å². The number of hydrogen-bond acceptors (Lipinski definition) is 7. The molecular weight excluding hydrogens is 428 g/mol. The number of nitrogens with zero attached hydrogens (tertiary/aromatic N) is 4. The van der Waals surface area contributed by atoms with Crippen LogP contribution in [0.3, 0.4) is 0 Å². The summed E-state index contributed by atoms with van der Waals surface area (Å²) in [4.78, 5) is 6.75. The molecule has 0 bridgehead atoms. The number of rotatable bonds is 6. The van der Waals surface area contributed by atoms with Gasteiger partial charge in [-0.1, -0.05) is 12.1 Å². The van der Waals surface area contributed by atoms with Crippen LogP contribution < -0.4 is 22.0 Å². The quantitative estimate of drug-likeness (QED) is 0.265. The average molecular weight is 458 g/mol. The maximum atomic E-state index is 14.5. The van der Waals surface area contributed by atoms with E-state index in [4.69, 9.17) is 16.3 Å². The van der Waals surface area contributed by atoms with Crippen LogP contribution in [0.5, 0.6) is 0 Å². The highest BCUT2D eigenvalue weighted by molar-refractivity contribution is 6.12. The molecule has 0 saturated carbocycles. The lowest BCUT2D eigenvalue weighted by Gasteiger charge is -2.29. The van der Waals surface area contributed by atoms with Gasteiger partial charge in [-0.15, -0.1) is 0 Å². The van der Waals surface area contributed by atoms with Gasteiger partial charge in [0.2, 0.25) is 0 Å². The molecule has 2 aliphatic heterocycles. The minimum absolute atomic E-state index is 0.0741. The van der Waals surface area contributed by atoms with Gasteiger partial charge in [-0.25, -0.2) is 19.2 Å². The zero-order chi connectivity index (χ0) is 23.4. The van der Waals surface area contributed by atoms with E-state index in [0.29, 0.717) is 11.5 Å². The fourth-order valence-corrected chi connectivity index (χ4v) is 4.32. The first-order valence-electron chi connectivity index (χ1n) is 11.0. The lowest BCUT2D eigenvalue weighted by molar-refractivity contribution is 0.170. The van der Waals surface area contributed by atoms with Gasteiger partial charge in [0.05, 0.1) is 17.9 Å². The summed E-state index contributed by atoms with van der Waals surface area (Å²) in [6.45, 7) is 4.52. The van der Waals surface area contributed by atoms with E-state index in [0.717, 1.165) is 62.9 Å². The van der Waals surface area contributed by atoms with Crippen molar-refractivity contribution in [3.8, 4) is 0 Å². The highest BCUT2D eigenvalue weighted by Gasteiger charge is 2.24. The minimum atomic E-state index is -1.03. The van der Waals surface area contributed by atoms with Crippen molar-refractivity contribution in [2.24, 2.45) is 16.9 Å². The van der Waals surface area contributed by atoms with Crippen LogP contribution in [0.2, 0.25) is 0 Å². The number of nitrogens with one attached hydrogen (secondary N) is 1. The van der Waals surface area contributed by atoms with Crippen molar-refractivity contribution in [2.75, 3.05) is 50.6 Å². The predicted molar refractivity (Wildman–Crippen MR) is 125 cm³/mol. The van der Waals surface area contributed by atoms with Crippen LogP contribution in [0.15, 0.2) is 41.6 Å². The molecule has 5 N–H and O–H groups in total. The molecule has 0 spiro atoms. The third kappa shape index (κ3) is 4.97. The number of benzene rings is 1. The summed E-state index contributed by atoms with van der Waals surface area (Å²) in [6.07, 6.45) is 5.89. The molecule has 1 atom stereocenters. The summed E-state index contributed by atoms with van der Waals surface area (Å²) in [5.74, 6) is 4.56. The van der Waals surface area contributed by atoms with E-state index in [2.05, 4.69) is 26.5 Å². The smallest absolute Gasteiger partial charge is 0.183 e. The minimum Gasteiger partial charge on any atom is -0.383 e. The topological polar surface area (TPSA) is 105 Å². The third-order valence-electron chi connectivity index (χ3n) is 6.09. The number of hydrazine groups is 1. The first-order chi connectivity index (χ1) is 16.0. The summed E-state index contributed by atoms with van der Waals surface area (Å²) < 4.78 is 33.8. The lowest BCUT2D eigenvalue weighted by atomic mass is 9.98. The van der Waals surface area contributed by atoms with Gasteiger partial charge in [0, 0.05) is 39.5 Å². The fraction of sp³-hybridized carbons (Fsp3) is 0.391. The highest BCUT2D eigenvalue weighted by Crippen LogP contribution is 2.28. The Morgan fingerprint density at radius 1 is 1.39 bits per heavy atom. The summed E-state index contributed by atoms with van der Waals surface area (Å²) in [5.41, 5.74) is 11.3. The Bertz CT molecular complexity index is 1050. The molecule has 1 aromatic heterocycles. The molecule has 0 amide bonds. The predicted octanol–water partition coefficient (Wildman–Crippen LogP) is 2.33. The van der Waals surface area contributed by atoms with Crippen LogP contribution in [0, 0.1) is 17.6 Å². The average Bonchev–Trinajstić information content (AvgIpc) is 3.34. The molecule has 1 aromatic carbocycles. The Hall–Kier alpha value is -3.08. The molecule has 1 unspecified atom stereocenters. The van der Waals surface area contributed by atoms with Gasteiger partial charge in [0.1, 0.15) is 5.82 Å². The molecule has 8 nitrogen and oxygen atoms in total. The van der Waals surface area contributed by atoms with Gasteiger partial charge in [-0.05, 0) is 48.1 Å². The standard InChI is InChI=1S/C23H29F2N7O/c1-28-32(20-4-2-3-19(24)21(20)25)23(30-27)18-11-17(12-29-22(18)26)16-5-8-31(9-6-16)13-15-7-10-33-14-15/h2-5,11-12,15,28H,6-10,13-14,27H2,1H3,(H2,26,29)/b30-23-. The van der Waals surface area contributed by atoms with Crippen LogP contribution >= 0.6 is 0 Å². The maximum absolute atomic E-state index is 14.5. The molecular formula is C23H29F2N7O. The summed E-state index contributed by atoms with van der Waals surface area (Å²) in [6, 6.07) is 5.70. The molecule has 1 saturated heterocycles. The first-order valence-corrected chi connectivity index (χ1v) is 11.0. The summed E-state index contributed by atoms with van der Waals surface area (Å²) in [7, 11) is 1.55. The molecule has 176 valence electrons. The highest BCUT2D eigenvalue weighted by atomic mass is 19.2. The van der Waals surface area contributed by atoms with Gasteiger partial charge in [0.25, 0.3) is 0 Å². The number of aromatic nitrogens is 1. The van der Waals surface area contributed by atoms with Crippen LogP contribution in [0.4, 0.5) is 20.3 Å². The molecule has 10 heteroatoms. The number of anilines is 2. The second kappa shape index (κ2) is 10.2. The van der Waals surface area contributed by atoms with Crippen LogP contribution in [-0.2, 0) is 4.74 Å². The number of nitrogens with two attached hydrogens (primary N) is 2. The van der Waals surface area contributed by atoms with Crippen molar-refractivity contribution >= 4 is 22.9 Å². The number of halogens is 2. The van der Waals surface area contributed by atoms with Gasteiger partial charge < -0.3 is 16.3 Å². The van der Waals surface area contributed by atoms with Crippen molar-refractivity contribution in [1.29, 1.82) is 0 Å². The SMILES string of the molecule is CNN(/C(=N\N)c1cc(C2=CCN(CC3CCOC3)CC2)cnc1N)c1cccc(F)c1F. The number of nitrogen functional groups attached to an aromatic ring is 1. The molecule has 3 heterocycles. The van der Waals surface area contributed by atoms with Crippen molar-refractivity contribution in [1.82, 2.24) is 15.3 Å². The lowest BCUT2D eigenvalue weighted by Crippen LogP contribution is -2.43. The van der Waals surface area contributed by atoms with Crippen molar-refractivity contribution < 1.29 is 13.5 Å². The largest absolute Gasteiger partial charge is 0.383 e. The number of pyridine rings is 1. The Kier molecular flexibility index (Phi) is 7.17. The van der Waals surface area contributed by atoms with E-state index in [1.54, 1.807) is 13.2 Å². The van der Waals surface area contributed by atoms with Crippen LogP contribution in [0.1, 0.15) is 24.0 Å². The molecule has 0 radical (unpaired) electrons. The van der Waals surface area contributed by atoms with Crippen LogP contribution in [0.25, 0.3) is 5.57 Å². The monoisotopic (exact) mass is 457 g/mol. The summed E-state index contributed by atoms with van der Waals surface area (Å²) >= 11 is 0. The van der Waals surface area contributed by atoms with Gasteiger partial charge in [-0.2, -0.15) is 5.10 Å². The maximum Gasteiger partial charge on any atom is 0.183 e. The Morgan fingerprint density at radius 2 is 2.24 bits per heavy atom. The molecule has 1 fully saturated rings. The van der Waals surface area contributed by atoms with Gasteiger partial charge in [0.15, 0.2) is 17.5 Å². The van der Waals surface area contributed by atoms with E-state index in [-0.39, 0.29) is 17.3 Å². The molecule has 33 heavy (non-hydrogen) atoms. The fourth-order valence-electron chi connectivity index (χ4n) is 4.32. The van der Waals surface area contributed by atoms with E-state index >= 15 is 0 Å². The van der Waals surface area contributed by atoms with Crippen LogP contribution in [-0.4, -0.2) is 55.6 Å². The van der Waals surface area contributed by atoms with Crippen molar-refractivity contribution in [3.63, 3.8) is 0 Å². The Balaban J connectivity index is 1.58. The van der Waals surface area contributed by atoms with Crippen molar-refractivity contribution in [3.05, 3.63) is 59.3 Å². The summed E-state index contributed by atoms with van der Waals surface area (Å²) in [5, 5.41) is 5.07. The van der Waals surface area contributed by atoms with Crippen molar-refractivity contribution in [2.45, 2.75) is 12.8 Å².